The number of benzene rings is 2. The van der Waals surface area contributed by atoms with Crippen molar-refractivity contribution in [3.8, 4) is 28.7 Å². The number of aryl methyl sites for hydroxylation is 1. The summed E-state index contributed by atoms with van der Waals surface area (Å²) in [5, 5.41) is 30.0. The number of rotatable bonds is 2. The molecule has 0 aromatic heterocycles. The van der Waals surface area contributed by atoms with Crippen molar-refractivity contribution >= 4 is 17.5 Å². The van der Waals surface area contributed by atoms with Crippen molar-refractivity contribution in [2.75, 3.05) is 0 Å². The van der Waals surface area contributed by atoms with Crippen LogP contribution in [0.25, 0.3) is 5.57 Å². The molecule has 1 aliphatic rings. The minimum Gasteiger partial charge on any atom is -0.508 e. The molecule has 27 heavy (non-hydrogen) atoms. The van der Waals surface area contributed by atoms with Crippen LogP contribution in [0, 0.1) is 13.8 Å². The van der Waals surface area contributed by atoms with Gasteiger partial charge in [0.05, 0.1) is 0 Å². The molecule has 0 saturated carbocycles. The second kappa shape index (κ2) is 6.35. The highest BCUT2D eigenvalue weighted by atomic mass is 16.6. The number of aromatic hydroxyl groups is 2. The average molecular weight is 370 g/mol. The van der Waals surface area contributed by atoms with Crippen molar-refractivity contribution in [1.29, 1.82) is 0 Å². The maximum Gasteiger partial charge on any atom is 0.347 e. The monoisotopic (exact) mass is 370 g/mol. The summed E-state index contributed by atoms with van der Waals surface area (Å²) in [5.74, 6) is -2.70. The molecule has 140 valence electrons. The number of carbonyl (C=O) groups excluding carboxylic acids is 1. The third-order valence-corrected chi connectivity index (χ3v) is 4.55. The van der Waals surface area contributed by atoms with E-state index >= 15 is 0 Å². The van der Waals surface area contributed by atoms with Crippen LogP contribution in [0.3, 0.4) is 0 Å². The molecule has 0 bridgehead atoms. The minimum absolute atomic E-state index is 0.00426. The normalized spacial score (nSPS) is 13.2. The van der Waals surface area contributed by atoms with Gasteiger partial charge in [0.25, 0.3) is 0 Å². The van der Waals surface area contributed by atoms with Crippen molar-refractivity contribution in [3.63, 3.8) is 0 Å². The topological polar surface area (TPSA) is 113 Å². The lowest BCUT2D eigenvalue weighted by Crippen LogP contribution is -2.11. The van der Waals surface area contributed by atoms with Gasteiger partial charge in [-0.1, -0.05) is 6.08 Å². The number of ether oxygens (including phenoxy) is 2. The Morgan fingerprint density at radius 3 is 2.33 bits per heavy atom. The molecular weight excluding hydrogens is 352 g/mol. The fraction of sp³-hybridized carbons (Fsp3) is 0.200. The minimum atomic E-state index is -1.35. The fourth-order valence-corrected chi connectivity index (χ4v) is 3.09. The van der Waals surface area contributed by atoms with E-state index in [4.69, 9.17) is 9.47 Å². The van der Waals surface area contributed by atoms with Crippen LogP contribution in [0.5, 0.6) is 28.7 Å². The zero-order valence-corrected chi connectivity index (χ0v) is 15.2. The summed E-state index contributed by atoms with van der Waals surface area (Å²) in [4.78, 5) is 24.5. The highest BCUT2D eigenvalue weighted by Crippen LogP contribution is 2.50. The van der Waals surface area contributed by atoms with Crippen molar-refractivity contribution < 1.29 is 34.4 Å². The highest BCUT2D eigenvalue weighted by molar-refractivity contribution is 6.02. The van der Waals surface area contributed by atoms with Crippen LogP contribution in [0.1, 0.15) is 51.3 Å². The molecule has 7 nitrogen and oxygen atoms in total. The van der Waals surface area contributed by atoms with Gasteiger partial charge in [-0.25, -0.2) is 9.59 Å². The van der Waals surface area contributed by atoms with Crippen LogP contribution in [-0.4, -0.2) is 27.3 Å². The quantitative estimate of drug-likeness (QED) is 0.537. The van der Waals surface area contributed by atoms with Gasteiger partial charge in [-0.05, 0) is 44.9 Å². The Kier molecular flexibility index (Phi) is 4.31. The lowest BCUT2D eigenvalue weighted by molar-refractivity contribution is 0.0692. The number of fused-ring (bicyclic) bond motifs is 2. The lowest BCUT2D eigenvalue weighted by Gasteiger charge is -2.19. The van der Waals surface area contributed by atoms with Crippen molar-refractivity contribution in [1.82, 2.24) is 0 Å². The fourth-order valence-electron chi connectivity index (χ4n) is 3.09. The summed E-state index contributed by atoms with van der Waals surface area (Å²) in [5.41, 5.74) is 0.882. The third kappa shape index (κ3) is 2.77. The number of hydrogen-bond donors (Lipinski definition) is 3. The van der Waals surface area contributed by atoms with Crippen LogP contribution in [0.15, 0.2) is 18.2 Å². The summed E-state index contributed by atoms with van der Waals surface area (Å²) in [6.45, 7) is 6.41. The van der Waals surface area contributed by atoms with E-state index in [2.05, 4.69) is 0 Å². The van der Waals surface area contributed by atoms with E-state index in [1.165, 1.54) is 19.1 Å². The molecule has 3 rings (SSSR count). The first kappa shape index (κ1) is 18.3. The van der Waals surface area contributed by atoms with Crippen molar-refractivity contribution in [3.05, 3.63) is 46.0 Å². The van der Waals surface area contributed by atoms with Gasteiger partial charge in [-0.2, -0.15) is 0 Å². The smallest absolute Gasteiger partial charge is 0.347 e. The van der Waals surface area contributed by atoms with Crippen LogP contribution in [-0.2, 0) is 0 Å². The van der Waals surface area contributed by atoms with E-state index in [1.54, 1.807) is 26.8 Å². The SMILES string of the molecule is CC=C(C)c1c2c(c(C)c(O)c1C(=O)O)OC(=O)c1c(C)cc(O)cc1O2. The van der Waals surface area contributed by atoms with E-state index in [1.807, 2.05) is 0 Å². The number of carbonyl (C=O) groups is 2. The molecule has 7 heteroatoms. The second-order valence-corrected chi connectivity index (χ2v) is 6.29. The molecule has 3 N–H and O–H groups in total. The molecule has 2 aromatic rings. The molecule has 0 spiro atoms. The zero-order valence-electron chi connectivity index (χ0n) is 15.2. The summed E-state index contributed by atoms with van der Waals surface area (Å²) >= 11 is 0. The van der Waals surface area contributed by atoms with Gasteiger partial charge in [0.15, 0.2) is 11.5 Å². The van der Waals surface area contributed by atoms with Gasteiger partial charge >= 0.3 is 11.9 Å². The van der Waals surface area contributed by atoms with E-state index < -0.39 is 17.7 Å². The van der Waals surface area contributed by atoms with Crippen LogP contribution in [0.2, 0.25) is 0 Å². The first-order chi connectivity index (χ1) is 12.7. The molecule has 0 aliphatic carbocycles. The number of carboxylic acids is 1. The number of allylic oxidation sites excluding steroid dienone is 2. The van der Waals surface area contributed by atoms with Gasteiger partial charge in [0, 0.05) is 17.2 Å². The van der Waals surface area contributed by atoms with E-state index in [9.17, 15) is 24.9 Å². The molecule has 1 aliphatic heterocycles. The number of esters is 1. The van der Waals surface area contributed by atoms with Gasteiger partial charge in [0.2, 0.25) is 0 Å². The van der Waals surface area contributed by atoms with E-state index in [0.717, 1.165) is 0 Å². The Bertz CT molecular complexity index is 1030. The van der Waals surface area contributed by atoms with Crippen molar-refractivity contribution in [2.24, 2.45) is 0 Å². The summed E-state index contributed by atoms with van der Waals surface area (Å²) in [6.07, 6.45) is 1.65. The number of carboxylic acid groups (broad SMARTS) is 1. The Morgan fingerprint density at radius 1 is 1.07 bits per heavy atom. The molecule has 0 saturated heterocycles. The van der Waals surface area contributed by atoms with E-state index in [-0.39, 0.29) is 45.3 Å². The summed E-state index contributed by atoms with van der Waals surface area (Å²) < 4.78 is 11.4. The Balaban J connectivity index is 2.45. The molecule has 0 amide bonds. The summed E-state index contributed by atoms with van der Waals surface area (Å²) in [6, 6.07) is 2.65. The Morgan fingerprint density at radius 2 is 1.74 bits per heavy atom. The zero-order chi connectivity index (χ0) is 20.0. The summed E-state index contributed by atoms with van der Waals surface area (Å²) in [7, 11) is 0. The van der Waals surface area contributed by atoms with E-state index in [0.29, 0.717) is 11.1 Å². The maximum absolute atomic E-state index is 12.6. The molecular formula is C20H18O7. The molecule has 0 atom stereocenters. The Hall–Kier alpha value is -3.48. The molecule has 0 fully saturated rings. The molecule has 0 unspecified atom stereocenters. The average Bonchev–Trinajstić information content (AvgIpc) is 2.73. The van der Waals surface area contributed by atoms with Crippen LogP contribution >= 0.6 is 0 Å². The highest BCUT2D eigenvalue weighted by Gasteiger charge is 2.34. The molecule has 0 radical (unpaired) electrons. The maximum atomic E-state index is 12.6. The van der Waals surface area contributed by atoms with Gasteiger partial charge in [0.1, 0.15) is 28.4 Å². The first-order valence-electron chi connectivity index (χ1n) is 8.17. The van der Waals surface area contributed by atoms with Gasteiger partial charge < -0.3 is 24.8 Å². The number of aromatic carboxylic acids is 1. The second-order valence-electron chi connectivity index (χ2n) is 6.29. The van der Waals surface area contributed by atoms with Gasteiger partial charge in [-0.3, -0.25) is 0 Å². The van der Waals surface area contributed by atoms with Gasteiger partial charge in [-0.15, -0.1) is 0 Å². The number of phenolic OH excluding ortho intramolecular Hbond substituents is 1. The molecule has 2 aromatic carbocycles. The van der Waals surface area contributed by atoms with Crippen LogP contribution in [0.4, 0.5) is 0 Å². The number of phenols is 2. The molecule has 1 heterocycles. The predicted molar refractivity (Wildman–Crippen MR) is 97.0 cm³/mol. The lowest BCUT2D eigenvalue weighted by atomic mass is 9.95. The number of hydrogen-bond acceptors (Lipinski definition) is 6. The standard InChI is InChI=1S/C20H18O7/c1-5-8(2)14-15(19(23)24)16(22)10(4)17-18(14)26-12-7-11(21)6-9(3)13(12)20(25)27-17/h5-7,21-22H,1-4H3,(H,23,24). The third-order valence-electron chi connectivity index (χ3n) is 4.55. The van der Waals surface area contributed by atoms with Crippen LogP contribution < -0.4 is 9.47 Å². The van der Waals surface area contributed by atoms with Crippen molar-refractivity contribution in [2.45, 2.75) is 27.7 Å². The first-order valence-corrected chi connectivity index (χ1v) is 8.17. The Labute approximate surface area is 155 Å². The predicted octanol–water partition coefficient (Wildman–Crippen LogP) is 4.16. The largest absolute Gasteiger partial charge is 0.508 e.